The first-order valence-corrected chi connectivity index (χ1v) is 9.58. The van der Waals surface area contributed by atoms with Gasteiger partial charge in [0.25, 0.3) is 0 Å². The van der Waals surface area contributed by atoms with Gasteiger partial charge in [0.2, 0.25) is 0 Å². The van der Waals surface area contributed by atoms with Crippen LogP contribution in [0.1, 0.15) is 58.9 Å². The molecule has 2 aromatic rings. The predicted molar refractivity (Wildman–Crippen MR) is 115 cm³/mol. The highest BCUT2D eigenvalue weighted by Gasteiger charge is 2.21. The van der Waals surface area contributed by atoms with Gasteiger partial charge in [0.05, 0.1) is 10.9 Å². The van der Waals surface area contributed by atoms with E-state index in [9.17, 15) is 19.8 Å². The second-order valence-corrected chi connectivity index (χ2v) is 7.65. The summed E-state index contributed by atoms with van der Waals surface area (Å²) >= 11 is 0. The first-order chi connectivity index (χ1) is 13.6. The zero-order valence-corrected chi connectivity index (χ0v) is 17.6. The van der Waals surface area contributed by atoms with Crippen molar-refractivity contribution >= 4 is 16.8 Å². The van der Waals surface area contributed by atoms with Crippen LogP contribution in [0.4, 0.5) is 0 Å². The van der Waals surface area contributed by atoms with Crippen molar-refractivity contribution in [3.63, 3.8) is 0 Å². The average molecular weight is 396 g/mol. The fraction of sp³-hybridized carbons (Fsp3) is 0.333. The second kappa shape index (κ2) is 9.41. The van der Waals surface area contributed by atoms with E-state index in [1.165, 1.54) is 18.2 Å². The Morgan fingerprint density at radius 2 is 1.83 bits per heavy atom. The summed E-state index contributed by atoms with van der Waals surface area (Å²) in [6.45, 7) is 9.43. The average Bonchev–Trinajstić information content (AvgIpc) is 2.60. The van der Waals surface area contributed by atoms with Crippen LogP contribution >= 0.6 is 0 Å². The van der Waals surface area contributed by atoms with Crippen molar-refractivity contribution in [2.75, 3.05) is 0 Å². The van der Waals surface area contributed by atoms with E-state index in [0.29, 0.717) is 18.2 Å². The van der Waals surface area contributed by atoms with Crippen LogP contribution in [-0.2, 0) is 4.79 Å². The molecule has 0 radical (unpaired) electrons. The van der Waals surface area contributed by atoms with Gasteiger partial charge in [-0.1, -0.05) is 35.8 Å². The van der Waals surface area contributed by atoms with Gasteiger partial charge in [-0.25, -0.2) is 4.79 Å². The number of allylic oxidation sites excluding steroid dienone is 6. The van der Waals surface area contributed by atoms with E-state index >= 15 is 0 Å². The Morgan fingerprint density at radius 3 is 2.48 bits per heavy atom. The molecule has 1 aromatic heterocycles. The van der Waals surface area contributed by atoms with Crippen molar-refractivity contribution in [3.8, 4) is 11.5 Å². The summed E-state index contributed by atoms with van der Waals surface area (Å²) in [6.07, 6.45) is 6.60. The minimum atomic E-state index is -0.625. The highest BCUT2D eigenvalue weighted by atomic mass is 16.4. The molecule has 2 N–H and O–H groups in total. The van der Waals surface area contributed by atoms with Crippen LogP contribution in [0.3, 0.4) is 0 Å². The molecule has 1 unspecified atom stereocenters. The molecule has 0 aliphatic carbocycles. The molecule has 0 aliphatic heterocycles. The first-order valence-electron chi connectivity index (χ1n) is 9.58. The Labute approximate surface area is 170 Å². The number of hydrogen-bond donors (Lipinski definition) is 2. The summed E-state index contributed by atoms with van der Waals surface area (Å²) in [5.74, 6) is -0.430. The van der Waals surface area contributed by atoms with Gasteiger partial charge in [-0.2, -0.15) is 0 Å². The fourth-order valence-electron chi connectivity index (χ4n) is 3.14. The van der Waals surface area contributed by atoms with Crippen LogP contribution in [0.25, 0.3) is 11.0 Å². The number of carbonyl (C=O) groups is 1. The molecule has 0 spiro atoms. The molecule has 1 heterocycles. The number of fused-ring (bicyclic) bond motifs is 1. The Balaban J connectivity index is 2.21. The van der Waals surface area contributed by atoms with Crippen molar-refractivity contribution in [2.45, 2.75) is 53.4 Å². The molecule has 5 nitrogen and oxygen atoms in total. The van der Waals surface area contributed by atoms with Gasteiger partial charge in [-0.15, -0.1) is 0 Å². The van der Waals surface area contributed by atoms with Gasteiger partial charge < -0.3 is 14.6 Å². The molecule has 0 amide bonds. The summed E-state index contributed by atoms with van der Waals surface area (Å²) in [4.78, 5) is 24.2. The van der Waals surface area contributed by atoms with Crippen LogP contribution in [-0.4, -0.2) is 16.0 Å². The van der Waals surface area contributed by atoms with Crippen LogP contribution in [0, 0.1) is 0 Å². The molecular formula is C24H28O5. The molecule has 1 aromatic carbocycles. The molecule has 0 fully saturated rings. The van der Waals surface area contributed by atoms with Gasteiger partial charge >= 0.3 is 5.63 Å². The summed E-state index contributed by atoms with van der Waals surface area (Å²) in [5.41, 5.74) is 2.58. The Bertz CT molecular complexity index is 1060. The number of ketones is 1. The smallest absolute Gasteiger partial charge is 0.343 e. The van der Waals surface area contributed by atoms with Crippen LogP contribution in [0.2, 0.25) is 0 Å². The van der Waals surface area contributed by atoms with Crippen molar-refractivity contribution in [2.24, 2.45) is 0 Å². The normalized spacial score (nSPS) is 13.4. The van der Waals surface area contributed by atoms with Crippen molar-refractivity contribution < 1.29 is 19.4 Å². The van der Waals surface area contributed by atoms with Crippen LogP contribution in [0.15, 0.2) is 62.4 Å². The van der Waals surface area contributed by atoms with E-state index in [4.69, 9.17) is 4.42 Å². The van der Waals surface area contributed by atoms with E-state index in [0.717, 1.165) is 16.7 Å². The fourth-order valence-corrected chi connectivity index (χ4v) is 3.14. The third-order valence-corrected chi connectivity index (χ3v) is 4.82. The minimum Gasteiger partial charge on any atom is -0.508 e. The third kappa shape index (κ3) is 5.70. The summed E-state index contributed by atoms with van der Waals surface area (Å²) in [7, 11) is 0. The topological polar surface area (TPSA) is 87.7 Å². The third-order valence-electron chi connectivity index (χ3n) is 4.82. The second-order valence-electron chi connectivity index (χ2n) is 7.65. The highest BCUT2D eigenvalue weighted by molar-refractivity contribution is 5.91. The SMILES string of the molecule is CC(C)=CC(=O)C/C(C)=C/C/C=C(\C)C(C)c1c(O)c2ccc(O)cc2oc1=O. The Kier molecular flexibility index (Phi) is 7.21. The summed E-state index contributed by atoms with van der Waals surface area (Å²) < 4.78 is 5.29. The van der Waals surface area contributed by atoms with Crippen molar-refractivity contribution in [1.82, 2.24) is 0 Å². The van der Waals surface area contributed by atoms with Gasteiger partial charge in [0.1, 0.15) is 17.1 Å². The molecule has 0 saturated carbocycles. The van der Waals surface area contributed by atoms with Gasteiger partial charge in [0, 0.05) is 18.4 Å². The molecule has 0 bridgehead atoms. The van der Waals surface area contributed by atoms with Gasteiger partial charge in [0.15, 0.2) is 5.78 Å². The van der Waals surface area contributed by atoms with Crippen molar-refractivity contribution in [1.29, 1.82) is 0 Å². The molecule has 5 heteroatoms. The first kappa shape index (κ1) is 22.2. The Morgan fingerprint density at radius 1 is 1.14 bits per heavy atom. The van der Waals surface area contributed by atoms with E-state index in [1.807, 2.05) is 46.8 Å². The maximum absolute atomic E-state index is 12.4. The van der Waals surface area contributed by atoms with Gasteiger partial charge in [-0.3, -0.25) is 4.79 Å². The number of aromatic hydroxyl groups is 2. The number of carbonyl (C=O) groups excluding carboxylic acids is 1. The maximum atomic E-state index is 12.4. The number of phenolic OH excluding ortho intramolecular Hbond substituents is 1. The minimum absolute atomic E-state index is 0.0397. The van der Waals surface area contributed by atoms with E-state index in [1.54, 1.807) is 6.08 Å². The largest absolute Gasteiger partial charge is 0.508 e. The lowest BCUT2D eigenvalue weighted by molar-refractivity contribution is -0.114. The number of rotatable bonds is 7. The summed E-state index contributed by atoms with van der Waals surface area (Å²) in [5, 5.41) is 20.5. The standard InChI is InChI=1S/C24H28O5/c1-14(2)11-19(26)12-15(3)7-6-8-16(4)17(5)22-23(27)20-10-9-18(25)13-21(20)29-24(22)28/h7-11,13,17,25,27H,6,12H2,1-5H3/b15-7+,16-8+. The molecule has 1 atom stereocenters. The van der Waals surface area contributed by atoms with Gasteiger partial charge in [-0.05, 0) is 52.3 Å². The summed E-state index contributed by atoms with van der Waals surface area (Å²) in [6, 6.07) is 4.26. The van der Waals surface area contributed by atoms with E-state index < -0.39 is 5.63 Å². The Hall–Kier alpha value is -3.08. The molecule has 0 saturated heterocycles. The van der Waals surface area contributed by atoms with Crippen LogP contribution in [0.5, 0.6) is 11.5 Å². The zero-order valence-electron chi connectivity index (χ0n) is 17.6. The zero-order chi connectivity index (χ0) is 21.7. The van der Waals surface area contributed by atoms with Crippen molar-refractivity contribution in [3.05, 3.63) is 69.1 Å². The maximum Gasteiger partial charge on any atom is 0.343 e. The lowest BCUT2D eigenvalue weighted by Crippen LogP contribution is -2.12. The van der Waals surface area contributed by atoms with E-state index in [-0.39, 0.29) is 34.3 Å². The van der Waals surface area contributed by atoms with Crippen LogP contribution < -0.4 is 5.63 Å². The lowest BCUT2D eigenvalue weighted by Gasteiger charge is -2.14. The number of hydrogen-bond acceptors (Lipinski definition) is 5. The molecule has 0 aliphatic rings. The van der Waals surface area contributed by atoms with E-state index in [2.05, 4.69) is 0 Å². The molecule has 2 rings (SSSR count). The molecular weight excluding hydrogens is 368 g/mol. The quantitative estimate of drug-likeness (QED) is 0.366. The molecule has 154 valence electrons. The monoisotopic (exact) mass is 396 g/mol. The lowest BCUT2D eigenvalue weighted by atomic mass is 9.92. The highest BCUT2D eigenvalue weighted by Crippen LogP contribution is 2.35. The molecule has 29 heavy (non-hydrogen) atoms. The number of benzene rings is 1. The number of phenols is 1. The predicted octanol–water partition coefficient (Wildman–Crippen LogP) is 5.52.